The largest absolute Gasteiger partial charge is 0.508 e. The molecule has 2 aromatic heterocycles. The maximum absolute atomic E-state index is 16.9. The number of carbonyl (C=O) groups excluding carboxylic acids is 1. The van der Waals surface area contributed by atoms with Crippen molar-refractivity contribution in [1.82, 2.24) is 19.9 Å². The number of ether oxygens (including phenoxy) is 2. The molecule has 7 rings (SSSR count). The van der Waals surface area contributed by atoms with E-state index >= 15 is 8.78 Å². The van der Waals surface area contributed by atoms with Crippen LogP contribution in [0.5, 0.6) is 11.8 Å². The zero-order valence-electron chi connectivity index (χ0n) is 28.6. The van der Waals surface area contributed by atoms with E-state index in [0.717, 1.165) is 44.8 Å². The number of halogens is 3. The van der Waals surface area contributed by atoms with Crippen LogP contribution < -0.4 is 15.4 Å². The quantitative estimate of drug-likeness (QED) is 0.136. The van der Waals surface area contributed by atoms with Gasteiger partial charge in [-0.3, -0.25) is 14.7 Å². The predicted octanol–water partition coefficient (Wildman–Crippen LogP) is 4.34. The Kier molecular flexibility index (Phi) is 10.5. The highest BCUT2D eigenvalue weighted by molar-refractivity contribution is 6.01. The molecule has 5 N–H and O–H groups in total. The summed E-state index contributed by atoms with van der Waals surface area (Å²) in [6.45, 7) is 4.65. The number of benzene rings is 2. The molecule has 2 unspecified atom stereocenters. The van der Waals surface area contributed by atoms with E-state index in [1.165, 1.54) is 31.4 Å². The summed E-state index contributed by atoms with van der Waals surface area (Å²) in [5.74, 6) is -4.44. The standard InChI is InChI=1S/C35H38F3N5O6.CH5N/c1-20-12-22(36)17-42(16-20)32-26-15-39-30(29(38)31(26)40-33(41-32)48-18-34-7-2-10-43(34)11-3-8-34)25-14-23(45)13-21-4-5-27(37)24(28(21)25)6-9-35(46,47)49-19-44;1-2/h4-5,13-15,19-20,22,45-47H,2-3,6-12,16-18H2,1H3;2H2,1H3. The van der Waals surface area contributed by atoms with Crippen molar-refractivity contribution >= 4 is 34.0 Å². The SMILES string of the molecule is CC1CC(F)CN(c2nc(OCC34CCCN3CCC4)nc3c(F)c(-c4cc(O)cc5ccc(F)c(CCC(O)(O)OC=O)c45)ncc23)C1.CN. The third kappa shape index (κ3) is 7.25. The second-order valence-electron chi connectivity index (χ2n) is 13.6. The lowest BCUT2D eigenvalue weighted by Gasteiger charge is -2.35. The van der Waals surface area contributed by atoms with Crippen molar-refractivity contribution in [2.45, 2.75) is 69.6 Å². The summed E-state index contributed by atoms with van der Waals surface area (Å²) in [6, 6.07) is 5.08. The monoisotopic (exact) mass is 712 g/mol. The van der Waals surface area contributed by atoms with Crippen molar-refractivity contribution in [1.29, 1.82) is 0 Å². The minimum atomic E-state index is -2.87. The lowest BCUT2D eigenvalue weighted by atomic mass is 9.93. The van der Waals surface area contributed by atoms with E-state index in [1.54, 1.807) is 4.90 Å². The molecule has 0 radical (unpaired) electrons. The van der Waals surface area contributed by atoms with Crippen molar-refractivity contribution in [3.63, 3.8) is 0 Å². The highest BCUT2D eigenvalue weighted by Gasteiger charge is 2.45. The zero-order valence-corrected chi connectivity index (χ0v) is 28.6. The van der Waals surface area contributed by atoms with E-state index in [4.69, 9.17) is 4.74 Å². The summed E-state index contributed by atoms with van der Waals surface area (Å²) in [7, 11) is 1.50. The van der Waals surface area contributed by atoms with E-state index in [0.29, 0.717) is 30.8 Å². The molecule has 0 bridgehead atoms. The second kappa shape index (κ2) is 14.7. The molecule has 3 saturated heterocycles. The van der Waals surface area contributed by atoms with Crippen LogP contribution in [-0.2, 0) is 16.0 Å². The molecule has 3 aliphatic rings. The van der Waals surface area contributed by atoms with Crippen LogP contribution in [-0.4, -0.2) is 99.2 Å². The number of nitrogens with zero attached hydrogens (tertiary/aromatic N) is 5. The minimum absolute atomic E-state index is 0.0140. The summed E-state index contributed by atoms with van der Waals surface area (Å²) in [5.41, 5.74) is 3.95. The molecule has 0 spiro atoms. The normalized spacial score (nSPS) is 20.3. The minimum Gasteiger partial charge on any atom is -0.508 e. The molecule has 12 nitrogen and oxygen atoms in total. The highest BCUT2D eigenvalue weighted by atomic mass is 19.1. The van der Waals surface area contributed by atoms with Gasteiger partial charge in [0.25, 0.3) is 6.47 Å². The van der Waals surface area contributed by atoms with Crippen LogP contribution in [0.1, 0.15) is 51.0 Å². The number of carbonyl (C=O) groups is 1. The van der Waals surface area contributed by atoms with E-state index in [-0.39, 0.29) is 75.8 Å². The number of pyridine rings is 1. The number of anilines is 1. The number of piperidine rings is 1. The molecule has 5 heterocycles. The summed E-state index contributed by atoms with van der Waals surface area (Å²) in [4.78, 5) is 28.5. The first-order chi connectivity index (χ1) is 24.5. The van der Waals surface area contributed by atoms with Crippen LogP contribution in [0.4, 0.5) is 19.0 Å². The average molecular weight is 713 g/mol. The molecule has 0 saturated carbocycles. The smallest absolute Gasteiger partial charge is 0.324 e. The number of alkyl halides is 1. The van der Waals surface area contributed by atoms with E-state index < -0.39 is 30.2 Å². The number of phenols is 1. The van der Waals surface area contributed by atoms with Gasteiger partial charge in [0.15, 0.2) is 5.82 Å². The highest BCUT2D eigenvalue weighted by Crippen LogP contribution is 2.42. The maximum atomic E-state index is 16.9. The predicted molar refractivity (Wildman–Crippen MR) is 184 cm³/mol. The summed E-state index contributed by atoms with van der Waals surface area (Å²) >= 11 is 0. The van der Waals surface area contributed by atoms with E-state index in [1.807, 2.05) is 6.92 Å². The zero-order chi connectivity index (χ0) is 36.5. The number of aromatic nitrogens is 3. The number of rotatable bonds is 10. The number of aliphatic hydroxyl groups is 2. The molecule has 51 heavy (non-hydrogen) atoms. The molecule has 4 aromatic rings. The topological polar surface area (TPSA) is 167 Å². The third-order valence-electron chi connectivity index (χ3n) is 10.2. The molecule has 2 aromatic carbocycles. The molecule has 3 fully saturated rings. The van der Waals surface area contributed by atoms with Gasteiger partial charge in [-0.15, -0.1) is 0 Å². The average Bonchev–Trinajstić information content (AvgIpc) is 3.68. The molecular weight excluding hydrogens is 669 g/mol. The Morgan fingerprint density at radius 2 is 1.86 bits per heavy atom. The van der Waals surface area contributed by atoms with Crippen molar-refractivity contribution < 1.29 is 42.8 Å². The van der Waals surface area contributed by atoms with Crippen molar-refractivity contribution in [3.05, 3.63) is 47.7 Å². The van der Waals surface area contributed by atoms with E-state index in [2.05, 4.69) is 30.3 Å². The van der Waals surface area contributed by atoms with Crippen LogP contribution >= 0.6 is 0 Å². The lowest BCUT2D eigenvalue weighted by molar-refractivity contribution is -0.315. The maximum Gasteiger partial charge on any atom is 0.324 e. The Bertz CT molecular complexity index is 1900. The second-order valence-corrected chi connectivity index (χ2v) is 13.6. The van der Waals surface area contributed by atoms with Gasteiger partial charge in [0, 0.05) is 24.7 Å². The fourth-order valence-corrected chi connectivity index (χ4v) is 7.98. The van der Waals surface area contributed by atoms with Crippen LogP contribution in [0.25, 0.3) is 32.9 Å². The number of fused-ring (bicyclic) bond motifs is 3. The van der Waals surface area contributed by atoms with Gasteiger partial charge in [-0.05, 0) is 99.1 Å². The molecule has 15 heteroatoms. The number of hydrogen-bond acceptors (Lipinski definition) is 12. The Morgan fingerprint density at radius 3 is 2.57 bits per heavy atom. The molecule has 0 aliphatic carbocycles. The lowest BCUT2D eigenvalue weighted by Crippen LogP contribution is -2.43. The fraction of sp³-hybridized carbons (Fsp3) is 0.500. The molecule has 2 atom stereocenters. The van der Waals surface area contributed by atoms with Crippen LogP contribution in [0.2, 0.25) is 0 Å². The van der Waals surface area contributed by atoms with Gasteiger partial charge < -0.3 is 35.4 Å². The van der Waals surface area contributed by atoms with Gasteiger partial charge in [0.05, 0.1) is 17.5 Å². The van der Waals surface area contributed by atoms with E-state index in [9.17, 15) is 24.5 Å². The third-order valence-corrected chi connectivity index (χ3v) is 10.2. The van der Waals surface area contributed by atoms with Crippen LogP contribution in [0.3, 0.4) is 0 Å². The Labute approximate surface area is 293 Å². The van der Waals surface area contributed by atoms with Crippen molar-refractivity contribution in [2.24, 2.45) is 11.7 Å². The van der Waals surface area contributed by atoms with Gasteiger partial charge in [-0.1, -0.05) is 13.0 Å². The van der Waals surface area contributed by atoms with Gasteiger partial charge in [0.2, 0.25) is 0 Å². The van der Waals surface area contributed by atoms with Crippen molar-refractivity contribution in [2.75, 3.05) is 44.7 Å². The van der Waals surface area contributed by atoms with Gasteiger partial charge in [0.1, 0.15) is 41.4 Å². The number of phenolic OH excluding ortho intramolecular Hbond substituents is 1. The molecular formula is C36H43F3N6O6. The summed E-state index contributed by atoms with van der Waals surface area (Å²) in [5, 5.41) is 31.4. The number of hydrogen-bond donors (Lipinski definition) is 4. The first-order valence-electron chi connectivity index (χ1n) is 17.2. The Balaban J connectivity index is 0.00000220. The first-order valence-corrected chi connectivity index (χ1v) is 17.2. The molecule has 0 amide bonds. The van der Waals surface area contributed by atoms with Crippen LogP contribution in [0.15, 0.2) is 30.5 Å². The van der Waals surface area contributed by atoms with Gasteiger partial charge in [-0.2, -0.15) is 9.97 Å². The Hall–Kier alpha value is -4.31. The fourth-order valence-electron chi connectivity index (χ4n) is 7.98. The van der Waals surface area contributed by atoms with Crippen LogP contribution in [0, 0.1) is 17.6 Å². The number of aryl methyl sites for hydroxylation is 1. The van der Waals surface area contributed by atoms with Crippen molar-refractivity contribution in [3.8, 4) is 23.0 Å². The molecule has 274 valence electrons. The number of aromatic hydroxyl groups is 1. The van der Waals surface area contributed by atoms with Gasteiger partial charge >= 0.3 is 12.0 Å². The molecule has 3 aliphatic heterocycles. The summed E-state index contributed by atoms with van der Waals surface area (Å²) < 4.78 is 57.7. The number of nitrogens with two attached hydrogens (primary N) is 1. The summed E-state index contributed by atoms with van der Waals surface area (Å²) in [6.07, 6.45) is 3.80. The van der Waals surface area contributed by atoms with Gasteiger partial charge in [-0.25, -0.2) is 13.2 Å². The first kappa shape index (κ1) is 36.5. The Morgan fingerprint density at radius 1 is 1.12 bits per heavy atom.